The van der Waals surface area contributed by atoms with Gasteiger partial charge < -0.3 is 10.6 Å². The van der Waals surface area contributed by atoms with E-state index in [1.165, 1.54) is 35.8 Å². The van der Waals surface area contributed by atoms with Gasteiger partial charge in [0.05, 0.1) is 17.4 Å². The number of hydroxylamine groups is 2. The van der Waals surface area contributed by atoms with Crippen molar-refractivity contribution in [2.24, 2.45) is 5.41 Å². The van der Waals surface area contributed by atoms with E-state index in [4.69, 9.17) is 10.6 Å². The lowest BCUT2D eigenvalue weighted by atomic mass is 9.84. The lowest BCUT2D eigenvalue weighted by Gasteiger charge is -2.25. The monoisotopic (exact) mass is 418 g/mol. The van der Waals surface area contributed by atoms with Crippen molar-refractivity contribution in [2.45, 2.75) is 59.8 Å². The molecule has 1 aliphatic rings. The molecule has 0 radical (unpaired) electrons. The molecule has 164 valence electrons. The van der Waals surface area contributed by atoms with E-state index in [0.29, 0.717) is 5.88 Å². The standard InChI is InChI=1S/C26H34N4O/c1-18-22(27)17-28-23-10-9-20(21(25(18)23)12-13-26(2,3)4)19-8-11-24(29-16-19)31-30-14-6-5-7-15-30/h8-11,16-17H,5-7,12-15,27H2,1-4H3. The zero-order chi connectivity index (χ0) is 22.0. The summed E-state index contributed by atoms with van der Waals surface area (Å²) < 4.78 is 0. The molecule has 1 fully saturated rings. The molecule has 0 aliphatic carbocycles. The minimum Gasteiger partial charge on any atom is -0.397 e. The van der Waals surface area contributed by atoms with Crippen LogP contribution in [0.15, 0.2) is 36.7 Å². The van der Waals surface area contributed by atoms with Gasteiger partial charge in [-0.2, -0.15) is 0 Å². The average molecular weight is 419 g/mol. The summed E-state index contributed by atoms with van der Waals surface area (Å²) in [6.45, 7) is 10.9. The van der Waals surface area contributed by atoms with E-state index in [1.807, 2.05) is 17.3 Å². The Morgan fingerprint density at radius 2 is 1.77 bits per heavy atom. The van der Waals surface area contributed by atoms with Gasteiger partial charge in [0.1, 0.15) is 0 Å². The number of hydrogen-bond donors (Lipinski definition) is 1. The molecule has 0 spiro atoms. The van der Waals surface area contributed by atoms with Gasteiger partial charge in [-0.3, -0.25) is 4.98 Å². The molecule has 4 rings (SSSR count). The lowest BCUT2D eigenvalue weighted by molar-refractivity contribution is -0.0757. The number of nitrogens with zero attached hydrogens (tertiary/aromatic N) is 3. The summed E-state index contributed by atoms with van der Waals surface area (Å²) >= 11 is 0. The summed E-state index contributed by atoms with van der Waals surface area (Å²) in [5, 5.41) is 3.20. The number of aromatic nitrogens is 2. The van der Waals surface area contributed by atoms with E-state index < -0.39 is 0 Å². The van der Waals surface area contributed by atoms with Gasteiger partial charge in [0.2, 0.25) is 5.88 Å². The maximum absolute atomic E-state index is 6.24. The topological polar surface area (TPSA) is 64.3 Å². The third-order valence-electron chi connectivity index (χ3n) is 6.15. The summed E-state index contributed by atoms with van der Waals surface area (Å²) in [4.78, 5) is 15.2. The largest absolute Gasteiger partial charge is 0.397 e. The molecule has 1 aliphatic heterocycles. The molecule has 2 N–H and O–H groups in total. The number of fused-ring (bicyclic) bond motifs is 1. The van der Waals surface area contributed by atoms with Crippen LogP contribution in [0.4, 0.5) is 5.69 Å². The summed E-state index contributed by atoms with van der Waals surface area (Å²) in [5.74, 6) is 0.657. The molecule has 0 atom stereocenters. The fourth-order valence-corrected chi connectivity index (χ4v) is 4.25. The van der Waals surface area contributed by atoms with Gasteiger partial charge in [-0.15, -0.1) is 5.06 Å². The van der Waals surface area contributed by atoms with E-state index in [0.717, 1.165) is 48.3 Å². The van der Waals surface area contributed by atoms with Gasteiger partial charge in [0.15, 0.2) is 0 Å². The Morgan fingerprint density at radius 3 is 2.45 bits per heavy atom. The number of piperidine rings is 1. The minimum atomic E-state index is 0.242. The zero-order valence-corrected chi connectivity index (χ0v) is 19.2. The van der Waals surface area contributed by atoms with Gasteiger partial charge in [-0.25, -0.2) is 4.98 Å². The minimum absolute atomic E-state index is 0.242. The van der Waals surface area contributed by atoms with Crippen LogP contribution in [-0.2, 0) is 6.42 Å². The van der Waals surface area contributed by atoms with Crippen LogP contribution in [0.25, 0.3) is 22.0 Å². The number of rotatable bonds is 5. The Labute approximate surface area is 185 Å². The molecule has 0 saturated carbocycles. The van der Waals surface area contributed by atoms with Crippen molar-refractivity contribution >= 4 is 16.6 Å². The van der Waals surface area contributed by atoms with Crippen molar-refractivity contribution in [3.8, 4) is 17.0 Å². The van der Waals surface area contributed by atoms with Crippen molar-refractivity contribution in [1.29, 1.82) is 0 Å². The highest BCUT2D eigenvalue weighted by atomic mass is 16.7. The number of pyridine rings is 2. The first-order valence-electron chi connectivity index (χ1n) is 11.4. The normalized spacial score (nSPS) is 15.4. The van der Waals surface area contributed by atoms with Gasteiger partial charge >= 0.3 is 0 Å². The molecule has 1 saturated heterocycles. The molecule has 2 aromatic heterocycles. The van der Waals surface area contributed by atoms with E-state index >= 15 is 0 Å². The molecule has 0 bridgehead atoms. The second-order valence-corrected chi connectivity index (χ2v) is 9.85. The first-order valence-corrected chi connectivity index (χ1v) is 11.4. The number of anilines is 1. The Balaban J connectivity index is 1.71. The predicted octanol–water partition coefficient (Wildman–Crippen LogP) is 5.95. The molecule has 0 amide bonds. The summed E-state index contributed by atoms with van der Waals surface area (Å²) in [6, 6.07) is 8.36. The number of nitrogen functional groups attached to an aromatic ring is 1. The lowest BCUT2D eigenvalue weighted by Crippen LogP contribution is -2.33. The van der Waals surface area contributed by atoms with Crippen LogP contribution < -0.4 is 10.6 Å². The molecular weight excluding hydrogens is 384 g/mol. The van der Waals surface area contributed by atoms with E-state index in [2.05, 4.69) is 55.9 Å². The highest BCUT2D eigenvalue weighted by Gasteiger charge is 2.18. The molecule has 31 heavy (non-hydrogen) atoms. The molecule has 3 aromatic rings. The van der Waals surface area contributed by atoms with Crippen molar-refractivity contribution < 1.29 is 4.84 Å². The second-order valence-electron chi connectivity index (χ2n) is 9.85. The first kappa shape index (κ1) is 21.6. The summed E-state index contributed by atoms with van der Waals surface area (Å²) in [7, 11) is 0. The Kier molecular flexibility index (Phi) is 6.15. The number of benzene rings is 1. The summed E-state index contributed by atoms with van der Waals surface area (Å²) in [5.41, 5.74) is 12.9. The van der Waals surface area contributed by atoms with Crippen LogP contribution in [0.1, 0.15) is 57.6 Å². The van der Waals surface area contributed by atoms with E-state index in [9.17, 15) is 0 Å². The molecular formula is C26H34N4O. The molecule has 1 aromatic carbocycles. The Bertz CT molecular complexity index is 1050. The molecule has 5 heteroatoms. The van der Waals surface area contributed by atoms with Crippen molar-refractivity contribution in [3.05, 3.63) is 47.8 Å². The van der Waals surface area contributed by atoms with Crippen LogP contribution in [0.5, 0.6) is 5.88 Å². The molecule has 5 nitrogen and oxygen atoms in total. The highest BCUT2D eigenvalue weighted by molar-refractivity contribution is 5.94. The Morgan fingerprint density at radius 1 is 1.00 bits per heavy atom. The number of aryl methyl sites for hydroxylation is 2. The van der Waals surface area contributed by atoms with Crippen LogP contribution >= 0.6 is 0 Å². The van der Waals surface area contributed by atoms with Crippen LogP contribution in [0, 0.1) is 12.3 Å². The molecule has 0 unspecified atom stereocenters. The fraction of sp³-hybridized carbons (Fsp3) is 0.462. The third-order valence-corrected chi connectivity index (χ3v) is 6.15. The van der Waals surface area contributed by atoms with Crippen molar-refractivity contribution in [2.75, 3.05) is 18.8 Å². The van der Waals surface area contributed by atoms with Crippen molar-refractivity contribution in [3.63, 3.8) is 0 Å². The van der Waals surface area contributed by atoms with Crippen molar-refractivity contribution in [1.82, 2.24) is 15.0 Å². The summed E-state index contributed by atoms with van der Waals surface area (Å²) in [6.07, 6.45) is 9.39. The fourth-order valence-electron chi connectivity index (χ4n) is 4.25. The number of hydrogen-bond acceptors (Lipinski definition) is 5. The SMILES string of the molecule is Cc1c(N)cnc2ccc(-c3ccc(ON4CCCCC4)nc3)c(CCC(C)(C)C)c12. The number of nitrogens with two attached hydrogens (primary N) is 1. The van der Waals surface area contributed by atoms with Crippen LogP contribution in [-0.4, -0.2) is 28.1 Å². The predicted molar refractivity (Wildman–Crippen MR) is 128 cm³/mol. The Hall–Kier alpha value is -2.66. The van der Waals surface area contributed by atoms with Crippen LogP contribution in [0.3, 0.4) is 0 Å². The van der Waals surface area contributed by atoms with Gasteiger partial charge in [0.25, 0.3) is 0 Å². The zero-order valence-electron chi connectivity index (χ0n) is 19.2. The van der Waals surface area contributed by atoms with Gasteiger partial charge in [0, 0.05) is 36.3 Å². The smallest absolute Gasteiger partial charge is 0.238 e. The van der Waals surface area contributed by atoms with Gasteiger partial charge in [-0.05, 0) is 66.8 Å². The first-order chi connectivity index (χ1) is 14.8. The maximum atomic E-state index is 6.24. The van der Waals surface area contributed by atoms with E-state index in [1.54, 1.807) is 6.20 Å². The van der Waals surface area contributed by atoms with E-state index in [-0.39, 0.29) is 5.41 Å². The highest BCUT2D eigenvalue weighted by Crippen LogP contribution is 2.36. The third kappa shape index (κ3) is 4.99. The average Bonchev–Trinajstić information content (AvgIpc) is 2.75. The van der Waals surface area contributed by atoms with Gasteiger partial charge in [-0.1, -0.05) is 33.3 Å². The van der Waals surface area contributed by atoms with Crippen LogP contribution in [0.2, 0.25) is 0 Å². The quantitative estimate of drug-likeness (QED) is 0.555. The second kappa shape index (κ2) is 8.83. The maximum Gasteiger partial charge on any atom is 0.238 e. The molecule has 3 heterocycles.